The highest BCUT2D eigenvalue weighted by atomic mass is 16.5. The van der Waals surface area contributed by atoms with Crippen LogP contribution in [0.25, 0.3) is 5.69 Å². The molecule has 140 valence electrons. The third-order valence-electron chi connectivity index (χ3n) is 4.25. The Balaban J connectivity index is 1.68. The maximum absolute atomic E-state index is 12.4. The van der Waals surface area contributed by atoms with Crippen LogP contribution < -0.4 is 15.0 Å². The van der Waals surface area contributed by atoms with E-state index >= 15 is 0 Å². The second-order valence-electron chi connectivity index (χ2n) is 5.88. The number of methoxy groups -OCH3 is 1. The van der Waals surface area contributed by atoms with E-state index < -0.39 is 0 Å². The number of hydrogen-bond acceptors (Lipinski definition) is 5. The third-order valence-corrected chi connectivity index (χ3v) is 4.25. The van der Waals surface area contributed by atoms with Crippen molar-refractivity contribution >= 4 is 17.4 Å². The zero-order valence-corrected chi connectivity index (χ0v) is 15.7. The molecule has 3 rings (SSSR count). The Kier molecular flexibility index (Phi) is 5.71. The first-order chi connectivity index (χ1) is 13.1. The van der Waals surface area contributed by atoms with Crippen molar-refractivity contribution in [3.63, 3.8) is 0 Å². The summed E-state index contributed by atoms with van der Waals surface area (Å²) >= 11 is 0. The molecule has 0 bridgehead atoms. The summed E-state index contributed by atoms with van der Waals surface area (Å²) in [6.07, 6.45) is 3.41. The first kappa shape index (κ1) is 18.4. The molecular formula is C20H23N5O2. The average molecular weight is 365 g/mol. The van der Waals surface area contributed by atoms with E-state index in [-0.39, 0.29) is 5.91 Å². The number of nitrogens with one attached hydrogen (secondary N) is 1. The van der Waals surface area contributed by atoms with Gasteiger partial charge in [-0.25, -0.2) is 9.67 Å². The summed E-state index contributed by atoms with van der Waals surface area (Å²) in [5.74, 6) is 1.38. The molecule has 2 aromatic heterocycles. The van der Waals surface area contributed by atoms with Crippen LogP contribution in [0.4, 0.5) is 11.5 Å². The molecule has 3 aromatic rings. The molecule has 0 atom stereocenters. The predicted molar refractivity (Wildman–Crippen MR) is 106 cm³/mol. The van der Waals surface area contributed by atoms with Crippen LogP contribution in [0.2, 0.25) is 0 Å². The summed E-state index contributed by atoms with van der Waals surface area (Å²) in [4.78, 5) is 19.0. The molecule has 1 amide bonds. The van der Waals surface area contributed by atoms with Gasteiger partial charge in [-0.2, -0.15) is 5.10 Å². The Labute approximate surface area is 158 Å². The highest BCUT2D eigenvalue weighted by Gasteiger charge is 2.11. The van der Waals surface area contributed by atoms with E-state index in [0.29, 0.717) is 11.4 Å². The molecule has 0 aliphatic carbocycles. The first-order valence-electron chi connectivity index (χ1n) is 8.87. The van der Waals surface area contributed by atoms with Crippen molar-refractivity contribution in [2.24, 2.45) is 0 Å². The van der Waals surface area contributed by atoms with Crippen molar-refractivity contribution < 1.29 is 9.53 Å². The SMILES string of the molecule is CCN(CC)c1ccc(NC(=O)c2ccn(-c3ccc(OC)cc3)n2)cn1. The van der Waals surface area contributed by atoms with Gasteiger partial charge in [0.25, 0.3) is 5.91 Å². The second kappa shape index (κ2) is 8.35. The van der Waals surface area contributed by atoms with Crippen molar-refractivity contribution in [3.05, 3.63) is 60.6 Å². The largest absolute Gasteiger partial charge is 0.497 e. The minimum Gasteiger partial charge on any atom is -0.497 e. The topological polar surface area (TPSA) is 72.3 Å². The summed E-state index contributed by atoms with van der Waals surface area (Å²) in [6.45, 7) is 5.94. The molecule has 0 saturated heterocycles. The fraction of sp³-hybridized carbons (Fsp3) is 0.250. The van der Waals surface area contributed by atoms with E-state index in [2.05, 4.69) is 34.1 Å². The average Bonchev–Trinajstić information content (AvgIpc) is 3.21. The van der Waals surface area contributed by atoms with E-state index in [1.807, 2.05) is 36.4 Å². The van der Waals surface area contributed by atoms with Crippen LogP contribution in [0.1, 0.15) is 24.3 Å². The summed E-state index contributed by atoms with van der Waals surface area (Å²) in [5.41, 5.74) is 1.81. The van der Waals surface area contributed by atoms with E-state index in [0.717, 1.165) is 30.3 Å². The Bertz CT molecular complexity index is 883. The Morgan fingerprint density at radius 1 is 1.11 bits per heavy atom. The van der Waals surface area contributed by atoms with Crippen molar-refractivity contribution in [1.29, 1.82) is 0 Å². The van der Waals surface area contributed by atoms with Crippen molar-refractivity contribution in [2.45, 2.75) is 13.8 Å². The molecule has 1 N–H and O–H groups in total. The van der Waals surface area contributed by atoms with Crippen LogP contribution >= 0.6 is 0 Å². The molecule has 0 radical (unpaired) electrons. The maximum Gasteiger partial charge on any atom is 0.276 e. The molecule has 27 heavy (non-hydrogen) atoms. The van der Waals surface area contributed by atoms with Gasteiger partial charge in [-0.15, -0.1) is 0 Å². The van der Waals surface area contributed by atoms with Crippen LogP contribution in [0.3, 0.4) is 0 Å². The Morgan fingerprint density at radius 3 is 2.44 bits per heavy atom. The lowest BCUT2D eigenvalue weighted by molar-refractivity contribution is 0.102. The van der Waals surface area contributed by atoms with Crippen LogP contribution in [-0.4, -0.2) is 40.9 Å². The number of carbonyl (C=O) groups is 1. The lowest BCUT2D eigenvalue weighted by Gasteiger charge is -2.19. The zero-order valence-electron chi connectivity index (χ0n) is 15.7. The van der Waals surface area contributed by atoms with Crippen LogP contribution in [0.5, 0.6) is 5.75 Å². The molecule has 0 fully saturated rings. The van der Waals surface area contributed by atoms with Gasteiger partial charge in [-0.05, 0) is 56.3 Å². The van der Waals surface area contributed by atoms with Gasteiger partial charge >= 0.3 is 0 Å². The van der Waals surface area contributed by atoms with E-state index in [9.17, 15) is 4.79 Å². The second-order valence-corrected chi connectivity index (χ2v) is 5.88. The molecule has 1 aromatic carbocycles. The molecule has 0 unspecified atom stereocenters. The Hall–Kier alpha value is -3.35. The highest BCUT2D eigenvalue weighted by molar-refractivity contribution is 6.02. The van der Waals surface area contributed by atoms with Gasteiger partial charge in [0.1, 0.15) is 11.6 Å². The van der Waals surface area contributed by atoms with Gasteiger partial charge in [0, 0.05) is 19.3 Å². The van der Waals surface area contributed by atoms with Crippen LogP contribution in [0.15, 0.2) is 54.9 Å². The predicted octanol–water partition coefficient (Wildman–Crippen LogP) is 3.37. The number of amides is 1. The summed E-state index contributed by atoms with van der Waals surface area (Å²) in [5, 5.41) is 7.17. The molecule has 0 spiro atoms. The smallest absolute Gasteiger partial charge is 0.276 e. The van der Waals surface area contributed by atoms with Gasteiger partial charge in [0.2, 0.25) is 0 Å². The van der Waals surface area contributed by atoms with Crippen LogP contribution in [0, 0.1) is 0 Å². The lowest BCUT2D eigenvalue weighted by atomic mass is 10.3. The standard InChI is InChI=1S/C20H23N5O2/c1-4-24(5-2)19-11-6-15(14-21-19)22-20(26)18-12-13-25(23-18)16-7-9-17(27-3)10-8-16/h6-14H,4-5H2,1-3H3,(H,22,26). The van der Waals surface area contributed by atoms with Gasteiger partial charge < -0.3 is 15.0 Å². The van der Waals surface area contributed by atoms with E-state index in [4.69, 9.17) is 4.74 Å². The summed E-state index contributed by atoms with van der Waals surface area (Å²) in [7, 11) is 1.62. The fourth-order valence-corrected chi connectivity index (χ4v) is 2.71. The van der Waals surface area contributed by atoms with Crippen molar-refractivity contribution in [3.8, 4) is 11.4 Å². The van der Waals surface area contributed by atoms with Gasteiger partial charge in [0.15, 0.2) is 5.69 Å². The molecule has 0 aliphatic heterocycles. The number of carbonyl (C=O) groups excluding carboxylic acids is 1. The minimum atomic E-state index is -0.278. The Morgan fingerprint density at radius 2 is 1.85 bits per heavy atom. The monoisotopic (exact) mass is 365 g/mol. The number of nitrogens with zero attached hydrogens (tertiary/aromatic N) is 4. The molecular weight excluding hydrogens is 342 g/mol. The quantitative estimate of drug-likeness (QED) is 0.695. The van der Waals surface area contributed by atoms with Gasteiger partial charge in [-0.3, -0.25) is 4.79 Å². The zero-order chi connectivity index (χ0) is 19.2. The fourth-order valence-electron chi connectivity index (χ4n) is 2.71. The van der Waals surface area contributed by atoms with E-state index in [1.54, 1.807) is 30.3 Å². The number of ether oxygens (including phenoxy) is 1. The maximum atomic E-state index is 12.4. The first-order valence-corrected chi connectivity index (χ1v) is 8.87. The molecule has 0 aliphatic rings. The number of hydrogen-bond donors (Lipinski definition) is 1. The molecule has 7 heteroatoms. The van der Waals surface area contributed by atoms with Crippen molar-refractivity contribution in [2.75, 3.05) is 30.4 Å². The molecule has 2 heterocycles. The molecule has 0 saturated carbocycles. The van der Waals surface area contributed by atoms with Crippen LogP contribution in [-0.2, 0) is 0 Å². The van der Waals surface area contributed by atoms with E-state index in [1.165, 1.54) is 0 Å². The normalized spacial score (nSPS) is 10.5. The number of aromatic nitrogens is 3. The van der Waals surface area contributed by atoms with Gasteiger partial charge in [-0.1, -0.05) is 0 Å². The van der Waals surface area contributed by atoms with Gasteiger partial charge in [0.05, 0.1) is 24.7 Å². The summed E-state index contributed by atoms with van der Waals surface area (Å²) in [6, 6.07) is 12.9. The molecule has 7 nitrogen and oxygen atoms in total. The number of pyridine rings is 1. The summed E-state index contributed by atoms with van der Waals surface area (Å²) < 4.78 is 6.80. The number of benzene rings is 1. The third kappa shape index (κ3) is 4.25. The number of anilines is 2. The lowest BCUT2D eigenvalue weighted by Crippen LogP contribution is -2.23. The number of rotatable bonds is 7. The highest BCUT2D eigenvalue weighted by Crippen LogP contribution is 2.16. The minimum absolute atomic E-state index is 0.278. The van der Waals surface area contributed by atoms with Crippen molar-refractivity contribution in [1.82, 2.24) is 14.8 Å².